The molecule has 2 aromatic heterocycles. The molecule has 0 aliphatic carbocycles. The van der Waals surface area contributed by atoms with Crippen LogP contribution >= 0.6 is 0 Å². The van der Waals surface area contributed by atoms with Gasteiger partial charge >= 0.3 is 0 Å². The molecule has 5 nitrogen and oxygen atoms in total. The lowest BCUT2D eigenvalue weighted by atomic mass is 10.0. The standard InChI is InChI=1S/C53H34N4O/c1-3-15-35(16-4-1)36-29-31-40(32-30-36)57(47-27-14-22-38-18-8-10-24-43(38)47)41-33-46(50-45-25-11-12-28-48(45)58-49(50)34-41)53-55-51(39-19-5-2-6-20-39)54-52(56-53)44-26-13-21-37-17-7-9-23-42(37)44/h1-34H. The molecule has 58 heavy (non-hydrogen) atoms. The number of nitrogens with zero attached hydrogens (tertiary/aromatic N) is 4. The van der Waals surface area contributed by atoms with Crippen molar-refractivity contribution in [2.75, 3.05) is 4.90 Å². The first-order chi connectivity index (χ1) is 28.7. The van der Waals surface area contributed by atoms with Crippen LogP contribution in [0.3, 0.4) is 0 Å². The SMILES string of the molecule is c1ccc(-c2ccc(N(c3cc(-c4nc(-c5ccccc5)nc(-c5cccc6ccccc56)n4)c4c(c3)oc3ccccc34)c3cccc4ccccc34)cc2)cc1. The molecule has 0 radical (unpaired) electrons. The summed E-state index contributed by atoms with van der Waals surface area (Å²) < 4.78 is 6.73. The molecule has 0 bridgehead atoms. The fraction of sp³-hybridized carbons (Fsp3) is 0. The first-order valence-corrected chi connectivity index (χ1v) is 19.4. The first-order valence-electron chi connectivity index (χ1n) is 19.4. The Morgan fingerprint density at radius 1 is 0.345 bits per heavy atom. The van der Waals surface area contributed by atoms with Gasteiger partial charge in [-0.1, -0.05) is 170 Å². The number of aromatic nitrogens is 3. The molecule has 0 amide bonds. The van der Waals surface area contributed by atoms with E-state index in [0.29, 0.717) is 17.5 Å². The Morgan fingerprint density at radius 2 is 0.897 bits per heavy atom. The van der Waals surface area contributed by atoms with Crippen LogP contribution < -0.4 is 4.90 Å². The summed E-state index contributed by atoms with van der Waals surface area (Å²) >= 11 is 0. The molecule has 0 aliphatic rings. The summed E-state index contributed by atoms with van der Waals surface area (Å²) in [6, 6.07) is 71.6. The van der Waals surface area contributed by atoms with Crippen LogP contribution in [-0.2, 0) is 0 Å². The second-order valence-electron chi connectivity index (χ2n) is 14.4. The Bertz CT molecular complexity index is 3270. The number of benzene rings is 9. The zero-order valence-electron chi connectivity index (χ0n) is 31.3. The number of hydrogen-bond donors (Lipinski definition) is 0. The van der Waals surface area contributed by atoms with Crippen molar-refractivity contribution >= 4 is 60.5 Å². The van der Waals surface area contributed by atoms with Gasteiger partial charge in [0.05, 0.1) is 11.4 Å². The molecular formula is C53H34N4O. The van der Waals surface area contributed by atoms with E-state index in [1.807, 2.05) is 48.5 Å². The molecule has 0 atom stereocenters. The van der Waals surface area contributed by atoms with Gasteiger partial charge in [-0.2, -0.15) is 0 Å². The van der Waals surface area contributed by atoms with E-state index in [1.54, 1.807) is 0 Å². The molecule has 0 spiro atoms. The van der Waals surface area contributed by atoms with E-state index < -0.39 is 0 Å². The van der Waals surface area contributed by atoms with Gasteiger partial charge in [0, 0.05) is 44.6 Å². The van der Waals surface area contributed by atoms with Gasteiger partial charge in [-0.05, 0) is 57.6 Å². The van der Waals surface area contributed by atoms with Crippen LogP contribution in [0.2, 0.25) is 0 Å². The van der Waals surface area contributed by atoms with Crippen molar-refractivity contribution in [3.63, 3.8) is 0 Å². The molecule has 272 valence electrons. The van der Waals surface area contributed by atoms with Crippen LogP contribution in [-0.4, -0.2) is 15.0 Å². The van der Waals surface area contributed by atoms with E-state index in [4.69, 9.17) is 19.4 Å². The Labute approximate surface area is 335 Å². The summed E-state index contributed by atoms with van der Waals surface area (Å²) in [7, 11) is 0. The molecule has 11 aromatic rings. The highest BCUT2D eigenvalue weighted by Crippen LogP contribution is 2.45. The zero-order chi connectivity index (χ0) is 38.4. The highest BCUT2D eigenvalue weighted by Gasteiger charge is 2.23. The lowest BCUT2D eigenvalue weighted by Crippen LogP contribution is -2.11. The lowest BCUT2D eigenvalue weighted by molar-refractivity contribution is 0.669. The predicted octanol–water partition coefficient (Wildman–Crippen LogP) is 14.2. The van der Waals surface area contributed by atoms with E-state index in [-0.39, 0.29) is 0 Å². The largest absolute Gasteiger partial charge is 0.456 e. The Hall–Kier alpha value is -7.89. The minimum absolute atomic E-state index is 0.562. The van der Waals surface area contributed by atoms with Crippen molar-refractivity contribution in [1.29, 1.82) is 0 Å². The van der Waals surface area contributed by atoms with Crippen LogP contribution in [0, 0.1) is 0 Å². The molecule has 0 aliphatic heterocycles. The van der Waals surface area contributed by atoms with Crippen LogP contribution in [0.1, 0.15) is 0 Å². The highest BCUT2D eigenvalue weighted by atomic mass is 16.3. The average molecular weight is 743 g/mol. The lowest BCUT2D eigenvalue weighted by Gasteiger charge is -2.27. The van der Waals surface area contributed by atoms with Crippen LogP contribution in [0.15, 0.2) is 211 Å². The van der Waals surface area contributed by atoms with Crippen LogP contribution in [0.4, 0.5) is 17.1 Å². The summed E-state index contributed by atoms with van der Waals surface area (Å²) in [6.07, 6.45) is 0. The maximum atomic E-state index is 6.73. The molecule has 5 heteroatoms. The predicted molar refractivity (Wildman–Crippen MR) is 239 cm³/mol. The van der Waals surface area contributed by atoms with Crippen molar-refractivity contribution in [3.05, 3.63) is 206 Å². The first kappa shape index (κ1) is 33.4. The topological polar surface area (TPSA) is 55.1 Å². The summed E-state index contributed by atoms with van der Waals surface area (Å²) in [4.78, 5) is 18.1. The Morgan fingerprint density at radius 3 is 1.66 bits per heavy atom. The van der Waals surface area contributed by atoms with Crippen molar-refractivity contribution < 1.29 is 4.42 Å². The Balaban J connectivity index is 1.20. The molecule has 0 fully saturated rings. The third-order valence-corrected chi connectivity index (χ3v) is 10.9. The number of furan rings is 1. The quantitative estimate of drug-likeness (QED) is 0.163. The van der Waals surface area contributed by atoms with Gasteiger partial charge in [0.25, 0.3) is 0 Å². The number of rotatable bonds is 7. The van der Waals surface area contributed by atoms with Gasteiger partial charge in [-0.15, -0.1) is 0 Å². The molecule has 11 rings (SSSR count). The Kier molecular flexibility index (Phi) is 8.07. The molecule has 9 aromatic carbocycles. The summed E-state index contributed by atoms with van der Waals surface area (Å²) in [5.74, 6) is 1.77. The third-order valence-electron chi connectivity index (χ3n) is 10.9. The van der Waals surface area contributed by atoms with E-state index in [9.17, 15) is 0 Å². The fourth-order valence-corrected chi connectivity index (χ4v) is 8.16. The molecule has 0 saturated heterocycles. The maximum Gasteiger partial charge on any atom is 0.164 e. The molecule has 0 saturated carbocycles. The van der Waals surface area contributed by atoms with Crippen molar-refractivity contribution in [2.45, 2.75) is 0 Å². The molecule has 2 heterocycles. The van der Waals surface area contributed by atoms with Gasteiger partial charge in [0.1, 0.15) is 11.2 Å². The van der Waals surface area contributed by atoms with Gasteiger partial charge in [-0.3, -0.25) is 0 Å². The second-order valence-corrected chi connectivity index (χ2v) is 14.4. The highest BCUT2D eigenvalue weighted by molar-refractivity contribution is 6.14. The summed E-state index contributed by atoms with van der Waals surface area (Å²) in [5.41, 5.74) is 9.53. The molecule has 0 unspecified atom stereocenters. The van der Waals surface area contributed by atoms with Crippen molar-refractivity contribution in [1.82, 2.24) is 15.0 Å². The van der Waals surface area contributed by atoms with E-state index >= 15 is 0 Å². The number of fused-ring (bicyclic) bond motifs is 5. The maximum absolute atomic E-state index is 6.73. The van der Waals surface area contributed by atoms with E-state index in [1.165, 1.54) is 5.56 Å². The fourth-order valence-electron chi connectivity index (χ4n) is 8.16. The van der Waals surface area contributed by atoms with Crippen LogP contribution in [0.25, 0.3) is 88.8 Å². The normalized spacial score (nSPS) is 11.4. The van der Waals surface area contributed by atoms with Gasteiger partial charge in [0.15, 0.2) is 17.5 Å². The monoisotopic (exact) mass is 742 g/mol. The molecule has 0 N–H and O–H groups in total. The number of hydrogen-bond acceptors (Lipinski definition) is 5. The molecular weight excluding hydrogens is 709 g/mol. The number of anilines is 3. The minimum Gasteiger partial charge on any atom is -0.456 e. The minimum atomic E-state index is 0.562. The van der Waals surface area contributed by atoms with Crippen molar-refractivity contribution in [3.8, 4) is 45.3 Å². The van der Waals surface area contributed by atoms with Gasteiger partial charge in [-0.25, -0.2) is 15.0 Å². The van der Waals surface area contributed by atoms with Crippen LogP contribution in [0.5, 0.6) is 0 Å². The smallest absolute Gasteiger partial charge is 0.164 e. The average Bonchev–Trinajstić information content (AvgIpc) is 3.68. The van der Waals surface area contributed by atoms with Gasteiger partial charge < -0.3 is 9.32 Å². The van der Waals surface area contributed by atoms with Crippen molar-refractivity contribution in [2.24, 2.45) is 0 Å². The van der Waals surface area contributed by atoms with Gasteiger partial charge in [0.2, 0.25) is 0 Å². The van der Waals surface area contributed by atoms with E-state index in [0.717, 1.165) is 82.8 Å². The zero-order valence-corrected chi connectivity index (χ0v) is 31.3. The number of para-hydroxylation sites is 1. The van der Waals surface area contributed by atoms with E-state index in [2.05, 4.69) is 163 Å². The summed E-state index contributed by atoms with van der Waals surface area (Å²) in [5, 5.41) is 6.43. The summed E-state index contributed by atoms with van der Waals surface area (Å²) in [6.45, 7) is 0. The third kappa shape index (κ3) is 5.85. The second kappa shape index (κ2) is 14.0.